The van der Waals surface area contributed by atoms with Crippen LogP contribution in [0, 0.1) is 15.9 Å². The topological polar surface area (TPSA) is 69.2 Å². The highest BCUT2D eigenvalue weighted by Gasteiger charge is 2.24. The van der Waals surface area contributed by atoms with Gasteiger partial charge in [0.25, 0.3) is 5.91 Å². The number of rotatable bonds is 8. The van der Waals surface area contributed by atoms with Crippen LogP contribution in [0.4, 0.5) is 5.69 Å². The Hall–Kier alpha value is -2.64. The zero-order valence-corrected chi connectivity index (χ0v) is 20.1. The molecule has 1 heterocycles. The number of hydrogen-bond donors (Lipinski definition) is 1. The molecule has 2 aromatic rings. The van der Waals surface area contributed by atoms with E-state index in [1.807, 2.05) is 50.2 Å². The van der Waals surface area contributed by atoms with E-state index in [4.69, 9.17) is 20.6 Å². The van der Waals surface area contributed by atoms with Crippen molar-refractivity contribution in [2.75, 3.05) is 19.8 Å². The van der Waals surface area contributed by atoms with Crippen molar-refractivity contribution in [1.29, 1.82) is 0 Å². The van der Waals surface area contributed by atoms with E-state index in [0.717, 1.165) is 20.6 Å². The lowest BCUT2D eigenvalue weighted by Gasteiger charge is -2.13. The summed E-state index contributed by atoms with van der Waals surface area (Å²) in [5.41, 5.74) is 1.55. The molecule has 1 amide bonds. The number of ether oxygens (including phenoxy) is 3. The number of carbonyl (C=O) groups is 1. The molecule has 0 bridgehead atoms. The van der Waals surface area contributed by atoms with Crippen LogP contribution in [0.3, 0.4) is 0 Å². The van der Waals surface area contributed by atoms with Gasteiger partial charge in [0.05, 0.1) is 27.4 Å². The molecule has 6 nitrogen and oxygen atoms in total. The zero-order valence-electron chi connectivity index (χ0n) is 17.1. The van der Waals surface area contributed by atoms with Crippen LogP contribution < -0.4 is 19.5 Å². The average molecular weight is 548 g/mol. The van der Waals surface area contributed by atoms with E-state index < -0.39 is 0 Å². The van der Waals surface area contributed by atoms with E-state index >= 15 is 0 Å². The van der Waals surface area contributed by atoms with E-state index in [1.54, 1.807) is 6.08 Å². The Morgan fingerprint density at radius 3 is 2.58 bits per heavy atom. The number of halogens is 1. The molecule has 8 heteroatoms. The summed E-state index contributed by atoms with van der Waals surface area (Å²) in [6.07, 6.45) is 7.10. The van der Waals surface area contributed by atoms with Gasteiger partial charge in [-0.1, -0.05) is 5.92 Å². The van der Waals surface area contributed by atoms with Gasteiger partial charge in [0.15, 0.2) is 16.7 Å². The maximum absolute atomic E-state index is 12.4. The minimum Gasteiger partial charge on any atom is -0.494 e. The molecule has 0 atom stereocenters. The van der Waals surface area contributed by atoms with Crippen molar-refractivity contribution >= 4 is 57.2 Å². The van der Waals surface area contributed by atoms with Gasteiger partial charge in [0.2, 0.25) is 0 Å². The molecule has 1 aliphatic rings. The number of hydrogen-bond acceptors (Lipinski definition) is 6. The summed E-state index contributed by atoms with van der Waals surface area (Å²) in [6.45, 7) is 5.07. The minimum absolute atomic E-state index is 0.153. The smallest absolute Gasteiger partial charge is 0.264 e. The van der Waals surface area contributed by atoms with Crippen molar-refractivity contribution in [3.63, 3.8) is 0 Å². The molecular weight excluding hydrogens is 527 g/mol. The van der Waals surface area contributed by atoms with E-state index in [2.05, 4.69) is 38.8 Å². The van der Waals surface area contributed by atoms with Crippen molar-refractivity contribution in [3.05, 3.63) is 50.4 Å². The third-order valence-electron chi connectivity index (χ3n) is 3.96. The highest BCUT2D eigenvalue weighted by Crippen LogP contribution is 2.36. The number of benzene rings is 2. The Morgan fingerprint density at radius 1 is 1.16 bits per heavy atom. The quantitative estimate of drug-likeness (QED) is 0.286. The number of nitrogens with zero attached hydrogens (tertiary/aromatic N) is 1. The summed E-state index contributed by atoms with van der Waals surface area (Å²) in [4.78, 5) is 17.5. The highest BCUT2D eigenvalue weighted by molar-refractivity contribution is 14.1. The van der Waals surface area contributed by atoms with Crippen LogP contribution in [-0.2, 0) is 4.79 Å². The first kappa shape index (κ1) is 23.0. The number of thioether (sulfide) groups is 1. The number of amides is 1. The van der Waals surface area contributed by atoms with Gasteiger partial charge in [0, 0.05) is 0 Å². The Kier molecular flexibility index (Phi) is 8.26. The average Bonchev–Trinajstić information content (AvgIpc) is 3.08. The maximum Gasteiger partial charge on any atom is 0.264 e. The van der Waals surface area contributed by atoms with Crippen molar-refractivity contribution in [1.82, 2.24) is 5.32 Å². The number of terminal acetylenes is 1. The Bertz CT molecular complexity index is 1060. The maximum atomic E-state index is 12.4. The minimum atomic E-state index is -0.199. The van der Waals surface area contributed by atoms with E-state index in [1.165, 1.54) is 11.8 Å². The van der Waals surface area contributed by atoms with Gasteiger partial charge in [0.1, 0.15) is 12.4 Å². The van der Waals surface area contributed by atoms with Crippen LogP contribution >= 0.6 is 34.4 Å². The molecule has 0 radical (unpaired) electrons. The lowest BCUT2D eigenvalue weighted by atomic mass is 10.2. The lowest BCUT2D eigenvalue weighted by molar-refractivity contribution is -0.115. The Morgan fingerprint density at radius 2 is 1.90 bits per heavy atom. The molecule has 160 valence electrons. The molecule has 31 heavy (non-hydrogen) atoms. The summed E-state index contributed by atoms with van der Waals surface area (Å²) < 4.78 is 17.6. The van der Waals surface area contributed by atoms with Gasteiger partial charge in [-0.3, -0.25) is 4.79 Å². The van der Waals surface area contributed by atoms with Crippen molar-refractivity contribution in [2.45, 2.75) is 13.8 Å². The fraction of sp³-hybridized carbons (Fsp3) is 0.217. The molecule has 2 aromatic carbocycles. The van der Waals surface area contributed by atoms with Crippen LogP contribution in [0.2, 0.25) is 0 Å². The van der Waals surface area contributed by atoms with Gasteiger partial charge < -0.3 is 19.5 Å². The molecular formula is C23H21IN2O4S. The van der Waals surface area contributed by atoms with Crippen molar-refractivity contribution in [3.8, 4) is 29.6 Å². The first-order chi connectivity index (χ1) is 15.0. The first-order valence-corrected chi connectivity index (χ1v) is 11.5. The number of nitrogens with one attached hydrogen (secondary N) is 1. The van der Waals surface area contributed by atoms with Crippen LogP contribution in [0.15, 0.2) is 46.3 Å². The second-order valence-corrected chi connectivity index (χ2v) is 8.36. The molecule has 0 aliphatic carbocycles. The van der Waals surface area contributed by atoms with E-state index in [0.29, 0.717) is 34.8 Å². The molecule has 1 N–H and O–H groups in total. The summed E-state index contributed by atoms with van der Waals surface area (Å²) in [7, 11) is 0. The summed E-state index contributed by atoms with van der Waals surface area (Å²) in [5.74, 6) is 4.23. The van der Waals surface area contributed by atoms with E-state index in [-0.39, 0.29) is 12.5 Å². The number of amidine groups is 1. The summed E-state index contributed by atoms with van der Waals surface area (Å²) >= 11 is 3.45. The van der Waals surface area contributed by atoms with E-state index in [9.17, 15) is 4.79 Å². The number of carbonyl (C=O) groups excluding carboxylic acids is 1. The van der Waals surface area contributed by atoms with Crippen LogP contribution in [0.25, 0.3) is 6.08 Å². The van der Waals surface area contributed by atoms with Crippen LogP contribution in [0.5, 0.6) is 17.2 Å². The largest absolute Gasteiger partial charge is 0.494 e. The Balaban J connectivity index is 1.82. The second kappa shape index (κ2) is 11.1. The second-order valence-electron chi connectivity index (χ2n) is 6.16. The zero-order chi connectivity index (χ0) is 22.2. The number of aliphatic imine (C=N–C) groups is 1. The van der Waals surface area contributed by atoms with Crippen molar-refractivity contribution < 1.29 is 19.0 Å². The normalized spacial score (nSPS) is 15.6. The molecule has 0 aromatic heterocycles. The first-order valence-electron chi connectivity index (χ1n) is 9.59. The molecule has 1 aliphatic heterocycles. The predicted octanol–water partition coefficient (Wildman–Crippen LogP) is 4.99. The summed E-state index contributed by atoms with van der Waals surface area (Å²) in [6, 6.07) is 11.1. The third kappa shape index (κ3) is 6.18. The standard InChI is InChI=1S/C23H21IN2O4S/c1-4-11-30-21-18(24)12-15(13-19(21)29-6-3)14-20-22(27)26-23(31-20)25-16-7-9-17(10-8-16)28-5-2/h1,7-10,12-14H,5-6,11H2,2-3H3,(H,25,26,27)/b20-14+. The van der Waals surface area contributed by atoms with Crippen LogP contribution in [0.1, 0.15) is 19.4 Å². The van der Waals surface area contributed by atoms with Crippen LogP contribution in [-0.4, -0.2) is 30.9 Å². The van der Waals surface area contributed by atoms with Gasteiger partial charge in [-0.15, -0.1) is 6.42 Å². The van der Waals surface area contributed by atoms with Gasteiger partial charge >= 0.3 is 0 Å². The highest BCUT2D eigenvalue weighted by atomic mass is 127. The molecule has 0 spiro atoms. The molecule has 0 saturated carbocycles. The van der Waals surface area contributed by atoms with Crippen molar-refractivity contribution in [2.24, 2.45) is 4.99 Å². The summed E-state index contributed by atoms with van der Waals surface area (Å²) in [5, 5.41) is 3.32. The van der Waals surface area contributed by atoms with Gasteiger partial charge in [-0.05, 0) is 96.2 Å². The molecule has 0 unspecified atom stereocenters. The molecule has 1 saturated heterocycles. The fourth-order valence-corrected chi connectivity index (χ4v) is 4.34. The SMILES string of the molecule is C#CCOc1c(I)cc(/C=C2/SC(=Nc3ccc(OCC)cc3)NC2=O)cc1OCC. The Labute approximate surface area is 199 Å². The van der Waals surface area contributed by atoms with Gasteiger partial charge in [-0.2, -0.15) is 0 Å². The predicted molar refractivity (Wildman–Crippen MR) is 133 cm³/mol. The third-order valence-corrected chi connectivity index (χ3v) is 5.67. The molecule has 3 rings (SSSR count). The fourth-order valence-electron chi connectivity index (χ4n) is 2.72. The molecule has 1 fully saturated rings. The lowest BCUT2D eigenvalue weighted by Crippen LogP contribution is -2.19. The van der Waals surface area contributed by atoms with Gasteiger partial charge in [-0.25, -0.2) is 4.99 Å². The monoisotopic (exact) mass is 548 g/mol.